The summed E-state index contributed by atoms with van der Waals surface area (Å²) in [5.41, 5.74) is -1.70. The van der Waals surface area contributed by atoms with Crippen LogP contribution in [0, 0.1) is 6.92 Å². The summed E-state index contributed by atoms with van der Waals surface area (Å²) in [6.45, 7) is 1.62. The van der Waals surface area contributed by atoms with Crippen LogP contribution in [0.5, 0.6) is 0 Å². The number of halogens is 6. The number of aromatic nitrogens is 5. The lowest BCUT2D eigenvalue weighted by atomic mass is 10.0. The topological polar surface area (TPSA) is 77.1 Å². The van der Waals surface area contributed by atoms with Crippen LogP contribution in [0.4, 0.5) is 26.3 Å². The van der Waals surface area contributed by atoms with Crippen LogP contribution < -0.4 is 5.32 Å². The van der Waals surface area contributed by atoms with Crippen LogP contribution >= 0.6 is 0 Å². The molecule has 3 heterocycles. The van der Waals surface area contributed by atoms with E-state index < -0.39 is 29.6 Å². The van der Waals surface area contributed by atoms with Gasteiger partial charge in [-0.05, 0) is 42.3 Å². The molecular formula is C26H20F6N6O. The van der Waals surface area contributed by atoms with Gasteiger partial charge in [-0.1, -0.05) is 36.4 Å². The molecule has 13 heteroatoms. The molecule has 0 aliphatic heterocycles. The van der Waals surface area contributed by atoms with Crippen LogP contribution in [0.2, 0.25) is 0 Å². The van der Waals surface area contributed by atoms with E-state index in [1.807, 2.05) is 24.3 Å². The zero-order chi connectivity index (χ0) is 27.9. The molecular weight excluding hydrogens is 526 g/mol. The van der Waals surface area contributed by atoms with Crippen LogP contribution in [-0.4, -0.2) is 36.8 Å². The Morgan fingerprint density at radius 1 is 0.897 bits per heavy atom. The Labute approximate surface area is 217 Å². The number of fused-ring (bicyclic) bond motifs is 2. The van der Waals surface area contributed by atoms with Gasteiger partial charge >= 0.3 is 12.4 Å². The second-order valence-corrected chi connectivity index (χ2v) is 8.89. The highest BCUT2D eigenvalue weighted by atomic mass is 19.4. The molecule has 1 N–H and O–H groups in total. The number of nitrogens with zero attached hydrogens (tertiary/aromatic N) is 5. The lowest BCUT2D eigenvalue weighted by Crippen LogP contribution is -2.26. The van der Waals surface area contributed by atoms with Crippen molar-refractivity contribution in [1.29, 1.82) is 0 Å². The molecule has 5 rings (SSSR count). The first-order valence-corrected chi connectivity index (χ1v) is 11.8. The Morgan fingerprint density at radius 2 is 1.64 bits per heavy atom. The van der Waals surface area contributed by atoms with Gasteiger partial charge in [-0.3, -0.25) is 9.48 Å². The molecule has 1 amide bonds. The first-order valence-electron chi connectivity index (χ1n) is 11.8. The molecule has 0 fully saturated rings. The Balaban J connectivity index is 1.35. The van der Waals surface area contributed by atoms with Crippen molar-refractivity contribution in [1.82, 2.24) is 29.7 Å². The van der Waals surface area contributed by atoms with Crippen LogP contribution in [0.25, 0.3) is 27.7 Å². The number of hydrogen-bond acceptors (Lipinski definition) is 4. The first kappa shape index (κ1) is 26.2. The van der Waals surface area contributed by atoms with Gasteiger partial charge in [0, 0.05) is 30.4 Å². The number of aryl methyl sites for hydroxylation is 2. The molecule has 0 bridgehead atoms. The molecule has 0 saturated heterocycles. The lowest BCUT2D eigenvalue weighted by Gasteiger charge is -2.11. The van der Waals surface area contributed by atoms with E-state index in [4.69, 9.17) is 0 Å². The van der Waals surface area contributed by atoms with Gasteiger partial charge in [0.2, 0.25) is 0 Å². The molecule has 3 aromatic heterocycles. The fourth-order valence-electron chi connectivity index (χ4n) is 4.18. The number of amides is 1. The fourth-order valence-corrected chi connectivity index (χ4v) is 4.18. The maximum absolute atomic E-state index is 13.9. The van der Waals surface area contributed by atoms with Crippen molar-refractivity contribution < 1.29 is 31.1 Å². The quantitative estimate of drug-likeness (QED) is 0.212. The van der Waals surface area contributed by atoms with Gasteiger partial charge in [0.1, 0.15) is 0 Å². The third-order valence-corrected chi connectivity index (χ3v) is 6.10. The minimum Gasteiger partial charge on any atom is -0.351 e. The Kier molecular flexibility index (Phi) is 6.52. The van der Waals surface area contributed by atoms with E-state index in [1.54, 1.807) is 18.2 Å². The molecule has 0 radical (unpaired) electrons. The van der Waals surface area contributed by atoms with Gasteiger partial charge < -0.3 is 5.32 Å². The summed E-state index contributed by atoms with van der Waals surface area (Å²) in [6, 6.07) is 15.6. The fraction of sp³-hybridized carbons (Fsp3) is 0.231. The average Bonchev–Trinajstić information content (AvgIpc) is 3.48. The molecule has 0 spiro atoms. The molecule has 0 aliphatic rings. The second kappa shape index (κ2) is 9.71. The number of carbonyl (C=O) groups excluding carboxylic acids is 1. The van der Waals surface area contributed by atoms with Crippen LogP contribution in [-0.2, 0) is 18.9 Å². The van der Waals surface area contributed by atoms with E-state index in [1.165, 1.54) is 11.6 Å². The normalized spacial score (nSPS) is 12.4. The third-order valence-electron chi connectivity index (χ3n) is 6.10. The van der Waals surface area contributed by atoms with E-state index in [9.17, 15) is 31.1 Å². The van der Waals surface area contributed by atoms with Crippen LogP contribution in [0.3, 0.4) is 0 Å². The summed E-state index contributed by atoms with van der Waals surface area (Å²) in [5.74, 6) is -0.742. The van der Waals surface area contributed by atoms with Gasteiger partial charge in [0.25, 0.3) is 5.91 Å². The van der Waals surface area contributed by atoms with Gasteiger partial charge in [-0.2, -0.15) is 36.5 Å². The number of rotatable bonds is 6. The van der Waals surface area contributed by atoms with Crippen molar-refractivity contribution in [3.63, 3.8) is 0 Å². The molecule has 202 valence electrons. The predicted molar refractivity (Wildman–Crippen MR) is 130 cm³/mol. The number of carbonyl (C=O) groups is 1. The van der Waals surface area contributed by atoms with Crippen molar-refractivity contribution in [2.45, 2.75) is 32.2 Å². The SMILES string of the molecule is Cc1cc(C(F)(F)F)nn1CCCNC(=O)c1cc2nc(-c3ccc4ccccc4c3)cc(C(F)(F)F)n2n1. The lowest BCUT2D eigenvalue weighted by molar-refractivity contribution is -0.143. The smallest absolute Gasteiger partial charge is 0.351 e. The molecule has 2 aromatic carbocycles. The summed E-state index contributed by atoms with van der Waals surface area (Å²) in [6.07, 6.45) is -9.11. The van der Waals surface area contributed by atoms with E-state index in [2.05, 4.69) is 20.5 Å². The van der Waals surface area contributed by atoms with Gasteiger partial charge in [-0.25, -0.2) is 9.50 Å². The van der Waals surface area contributed by atoms with Crippen LogP contribution in [0.1, 0.15) is 34.0 Å². The molecule has 0 unspecified atom stereocenters. The summed E-state index contributed by atoms with van der Waals surface area (Å²) >= 11 is 0. The highest BCUT2D eigenvalue weighted by Gasteiger charge is 2.36. The minimum absolute atomic E-state index is 0.0370. The first-order chi connectivity index (χ1) is 18.4. The maximum Gasteiger partial charge on any atom is 0.435 e. The molecule has 5 aromatic rings. The number of benzene rings is 2. The van der Waals surface area contributed by atoms with E-state index in [-0.39, 0.29) is 36.5 Å². The average molecular weight is 546 g/mol. The standard InChI is InChI=1S/C26H20F6N6O/c1-15-11-21(25(27,28)29)36-37(15)10-4-9-33-24(39)20-14-23-34-19(13-22(26(30,31)32)38(23)35-20)18-8-7-16-5-2-3-6-17(16)12-18/h2-3,5-8,11-14H,4,9-10H2,1H3,(H,33,39). The predicted octanol–water partition coefficient (Wildman–Crippen LogP) is 5.91. The largest absolute Gasteiger partial charge is 0.435 e. The molecule has 7 nitrogen and oxygen atoms in total. The second-order valence-electron chi connectivity index (χ2n) is 8.89. The monoisotopic (exact) mass is 546 g/mol. The number of hydrogen-bond donors (Lipinski definition) is 1. The highest BCUT2D eigenvalue weighted by Crippen LogP contribution is 2.33. The zero-order valence-electron chi connectivity index (χ0n) is 20.3. The molecule has 0 atom stereocenters. The summed E-state index contributed by atoms with van der Waals surface area (Å²) in [7, 11) is 0. The van der Waals surface area contributed by atoms with Crippen molar-refractivity contribution >= 4 is 22.3 Å². The van der Waals surface area contributed by atoms with Crippen LogP contribution in [0.15, 0.2) is 60.7 Å². The zero-order valence-corrected chi connectivity index (χ0v) is 20.3. The van der Waals surface area contributed by atoms with Gasteiger partial charge in [0.15, 0.2) is 22.7 Å². The summed E-state index contributed by atoms with van der Waals surface area (Å²) in [4.78, 5) is 16.9. The Hall–Kier alpha value is -4.42. The highest BCUT2D eigenvalue weighted by molar-refractivity contribution is 5.93. The third kappa shape index (κ3) is 5.42. The van der Waals surface area contributed by atoms with Crippen molar-refractivity contribution in [2.75, 3.05) is 6.54 Å². The van der Waals surface area contributed by atoms with Gasteiger partial charge in [-0.15, -0.1) is 0 Å². The minimum atomic E-state index is -4.77. The molecule has 0 aliphatic carbocycles. The van der Waals surface area contributed by atoms with Crippen molar-refractivity contribution in [3.05, 3.63) is 83.4 Å². The number of nitrogens with one attached hydrogen (secondary N) is 1. The Morgan fingerprint density at radius 3 is 2.33 bits per heavy atom. The van der Waals surface area contributed by atoms with Gasteiger partial charge in [0.05, 0.1) is 5.69 Å². The maximum atomic E-state index is 13.9. The molecule has 0 saturated carbocycles. The van der Waals surface area contributed by atoms with Crippen molar-refractivity contribution in [2.24, 2.45) is 0 Å². The summed E-state index contributed by atoms with van der Waals surface area (Å²) in [5, 5.41) is 11.6. The summed E-state index contributed by atoms with van der Waals surface area (Å²) < 4.78 is 82.0. The molecule has 39 heavy (non-hydrogen) atoms. The van der Waals surface area contributed by atoms with Crippen molar-refractivity contribution in [3.8, 4) is 11.3 Å². The van der Waals surface area contributed by atoms with E-state index in [0.29, 0.717) is 15.8 Å². The number of alkyl halides is 6. The van der Waals surface area contributed by atoms with E-state index in [0.717, 1.165) is 29.0 Å². The van der Waals surface area contributed by atoms with E-state index >= 15 is 0 Å². The Bertz CT molecular complexity index is 1680.